The number of fused-ring (bicyclic) bond motifs is 1. The highest BCUT2D eigenvalue weighted by Crippen LogP contribution is 2.57. The van der Waals surface area contributed by atoms with Crippen molar-refractivity contribution in [1.82, 2.24) is 15.3 Å². The van der Waals surface area contributed by atoms with Crippen molar-refractivity contribution >= 4 is 0 Å². The third-order valence-electron chi connectivity index (χ3n) is 4.04. The van der Waals surface area contributed by atoms with E-state index in [9.17, 15) is 13.2 Å². The predicted molar refractivity (Wildman–Crippen MR) is 63.6 cm³/mol. The number of aromatic nitrogens is 2. The molecular formula is C13H16F3N3. The summed E-state index contributed by atoms with van der Waals surface area (Å²) in [5.41, 5.74) is 0.0754. The van der Waals surface area contributed by atoms with Crippen LogP contribution in [0.5, 0.6) is 0 Å². The van der Waals surface area contributed by atoms with Crippen molar-refractivity contribution < 1.29 is 13.2 Å². The Morgan fingerprint density at radius 3 is 2.53 bits per heavy atom. The molecule has 0 amide bonds. The Labute approximate surface area is 109 Å². The van der Waals surface area contributed by atoms with Gasteiger partial charge in [-0.1, -0.05) is 13.8 Å². The molecule has 1 N–H and O–H groups in total. The molecule has 2 aliphatic rings. The molecule has 0 bridgehead atoms. The van der Waals surface area contributed by atoms with Gasteiger partial charge in [0, 0.05) is 31.0 Å². The van der Waals surface area contributed by atoms with Crippen LogP contribution in [0.25, 0.3) is 0 Å². The lowest BCUT2D eigenvalue weighted by Crippen LogP contribution is -2.29. The molecular weight excluding hydrogens is 255 g/mol. The first-order chi connectivity index (χ1) is 8.79. The van der Waals surface area contributed by atoms with Crippen LogP contribution in [0.2, 0.25) is 0 Å². The van der Waals surface area contributed by atoms with E-state index in [0.29, 0.717) is 24.5 Å². The van der Waals surface area contributed by atoms with Gasteiger partial charge in [-0.05, 0) is 11.8 Å². The number of halogens is 3. The maximum absolute atomic E-state index is 13.1. The minimum absolute atomic E-state index is 0.0318. The van der Waals surface area contributed by atoms with Gasteiger partial charge in [-0.15, -0.1) is 0 Å². The molecule has 1 aliphatic carbocycles. The molecule has 0 aromatic carbocycles. The average Bonchev–Trinajstić information content (AvgIpc) is 2.96. The summed E-state index contributed by atoms with van der Waals surface area (Å²) in [7, 11) is 0. The van der Waals surface area contributed by atoms with Gasteiger partial charge in [0.25, 0.3) is 0 Å². The maximum Gasteiger partial charge on any atom is 0.433 e. The van der Waals surface area contributed by atoms with Crippen LogP contribution in [-0.4, -0.2) is 16.5 Å². The molecule has 1 aromatic rings. The van der Waals surface area contributed by atoms with Crippen LogP contribution < -0.4 is 5.32 Å². The van der Waals surface area contributed by atoms with Crippen LogP contribution in [0, 0.1) is 5.41 Å². The molecule has 0 saturated heterocycles. The molecule has 6 heteroatoms. The Morgan fingerprint density at radius 2 is 1.95 bits per heavy atom. The van der Waals surface area contributed by atoms with Gasteiger partial charge in [-0.3, -0.25) is 0 Å². The summed E-state index contributed by atoms with van der Waals surface area (Å²) in [5, 5.41) is 2.95. The molecule has 1 fully saturated rings. The van der Waals surface area contributed by atoms with Gasteiger partial charge in [-0.25, -0.2) is 9.97 Å². The smallest absolute Gasteiger partial charge is 0.312 e. The number of hydrogen-bond donors (Lipinski definition) is 1. The minimum Gasteiger partial charge on any atom is -0.312 e. The quantitative estimate of drug-likeness (QED) is 0.853. The van der Waals surface area contributed by atoms with Crippen LogP contribution in [0.3, 0.4) is 0 Å². The summed E-state index contributed by atoms with van der Waals surface area (Å²) in [6.07, 6.45) is -3.00. The third-order valence-corrected chi connectivity index (χ3v) is 4.04. The van der Waals surface area contributed by atoms with Gasteiger partial charge in [0.15, 0.2) is 5.69 Å². The van der Waals surface area contributed by atoms with E-state index in [0.717, 1.165) is 6.42 Å². The van der Waals surface area contributed by atoms with E-state index in [1.165, 1.54) is 0 Å². The van der Waals surface area contributed by atoms with E-state index < -0.39 is 11.9 Å². The Hall–Kier alpha value is -1.17. The fourth-order valence-electron chi connectivity index (χ4n) is 2.66. The van der Waals surface area contributed by atoms with E-state index in [4.69, 9.17) is 0 Å². The molecule has 1 unspecified atom stereocenters. The molecule has 0 radical (unpaired) electrons. The van der Waals surface area contributed by atoms with Gasteiger partial charge in [0.1, 0.15) is 5.82 Å². The molecule has 2 heterocycles. The van der Waals surface area contributed by atoms with Crippen molar-refractivity contribution in [3.63, 3.8) is 0 Å². The second kappa shape index (κ2) is 3.91. The number of nitrogens with one attached hydrogen (secondary N) is 1. The van der Waals surface area contributed by atoms with E-state index in [1.807, 2.05) is 13.8 Å². The summed E-state index contributed by atoms with van der Waals surface area (Å²) in [4.78, 5) is 8.23. The van der Waals surface area contributed by atoms with Crippen molar-refractivity contribution in [3.8, 4) is 0 Å². The van der Waals surface area contributed by atoms with E-state index in [-0.39, 0.29) is 23.4 Å². The molecule has 0 spiro atoms. The van der Waals surface area contributed by atoms with Crippen molar-refractivity contribution in [2.45, 2.75) is 45.3 Å². The number of hydrogen-bond acceptors (Lipinski definition) is 3. The lowest BCUT2D eigenvalue weighted by Gasteiger charge is -2.21. The zero-order chi connectivity index (χ0) is 13.8. The fourth-order valence-corrected chi connectivity index (χ4v) is 2.66. The number of nitrogens with zero attached hydrogens (tertiary/aromatic N) is 2. The lowest BCUT2D eigenvalue weighted by molar-refractivity contribution is -0.142. The first kappa shape index (κ1) is 12.8. The number of alkyl halides is 3. The van der Waals surface area contributed by atoms with Crippen LogP contribution in [0.1, 0.15) is 49.0 Å². The monoisotopic (exact) mass is 271 g/mol. The zero-order valence-corrected chi connectivity index (χ0v) is 10.9. The standard InChI is InChI=1S/C13H16F3N3/c1-12(2)5-8(12)11-18-9-3-4-17-6-7(9)10(19-11)13(14,15)16/h8,17H,3-6H2,1-2H3. The molecule has 19 heavy (non-hydrogen) atoms. The van der Waals surface area contributed by atoms with Gasteiger partial charge >= 0.3 is 6.18 Å². The molecule has 1 saturated carbocycles. The van der Waals surface area contributed by atoms with Crippen LogP contribution >= 0.6 is 0 Å². The summed E-state index contributed by atoms with van der Waals surface area (Å²) >= 11 is 0. The first-order valence-electron chi connectivity index (χ1n) is 6.46. The van der Waals surface area contributed by atoms with Gasteiger partial charge < -0.3 is 5.32 Å². The van der Waals surface area contributed by atoms with Crippen LogP contribution in [-0.2, 0) is 19.1 Å². The molecule has 3 rings (SSSR count). The summed E-state index contributed by atoms with van der Waals surface area (Å²) in [6.45, 7) is 4.96. The van der Waals surface area contributed by atoms with Crippen molar-refractivity contribution in [2.75, 3.05) is 6.54 Å². The van der Waals surface area contributed by atoms with Crippen molar-refractivity contribution in [2.24, 2.45) is 5.41 Å². The maximum atomic E-state index is 13.1. The summed E-state index contributed by atoms with van der Waals surface area (Å²) < 4.78 is 39.3. The molecule has 3 nitrogen and oxygen atoms in total. The Kier molecular flexibility index (Phi) is 2.64. The SMILES string of the molecule is CC1(C)CC1c1nc2c(c(C(F)(F)F)n1)CNCC2. The average molecular weight is 271 g/mol. The van der Waals surface area contributed by atoms with Gasteiger partial charge in [0.05, 0.1) is 5.69 Å². The van der Waals surface area contributed by atoms with E-state index in [2.05, 4.69) is 15.3 Å². The van der Waals surface area contributed by atoms with E-state index >= 15 is 0 Å². The largest absolute Gasteiger partial charge is 0.433 e. The second-order valence-electron chi connectivity index (χ2n) is 6.03. The topological polar surface area (TPSA) is 37.8 Å². The van der Waals surface area contributed by atoms with Crippen molar-refractivity contribution in [3.05, 3.63) is 22.8 Å². The van der Waals surface area contributed by atoms with Crippen LogP contribution in [0.15, 0.2) is 0 Å². The molecule has 1 atom stereocenters. The molecule has 104 valence electrons. The van der Waals surface area contributed by atoms with Gasteiger partial charge in [0.2, 0.25) is 0 Å². The fraction of sp³-hybridized carbons (Fsp3) is 0.692. The third kappa shape index (κ3) is 2.22. The zero-order valence-electron chi connectivity index (χ0n) is 10.9. The Bertz CT molecular complexity index is 523. The Morgan fingerprint density at radius 1 is 1.26 bits per heavy atom. The number of rotatable bonds is 1. The lowest BCUT2D eigenvalue weighted by atomic mass is 10.0. The highest BCUT2D eigenvalue weighted by atomic mass is 19.4. The normalized spacial score (nSPS) is 25.0. The van der Waals surface area contributed by atoms with Crippen LogP contribution in [0.4, 0.5) is 13.2 Å². The summed E-state index contributed by atoms with van der Waals surface area (Å²) in [5.74, 6) is 0.437. The first-order valence-corrected chi connectivity index (χ1v) is 6.46. The van der Waals surface area contributed by atoms with Gasteiger partial charge in [-0.2, -0.15) is 13.2 Å². The molecule has 1 aliphatic heterocycles. The van der Waals surface area contributed by atoms with E-state index in [1.54, 1.807) is 0 Å². The molecule has 1 aromatic heterocycles. The Balaban J connectivity index is 2.09. The highest BCUT2D eigenvalue weighted by molar-refractivity contribution is 5.32. The minimum atomic E-state index is -4.40. The highest BCUT2D eigenvalue weighted by Gasteiger charge is 2.50. The predicted octanol–water partition coefficient (Wildman–Crippen LogP) is 2.65. The van der Waals surface area contributed by atoms with Crippen molar-refractivity contribution in [1.29, 1.82) is 0 Å². The second-order valence-corrected chi connectivity index (χ2v) is 6.03. The summed E-state index contributed by atoms with van der Waals surface area (Å²) in [6, 6.07) is 0.